The largest absolute Gasteiger partial charge is 0.415 e. The molecule has 42 heavy (non-hydrogen) atoms. The number of amides is 3. The number of hydrogen-bond donors (Lipinski definition) is 0. The highest BCUT2D eigenvalue weighted by atomic mass is 35.5. The predicted molar refractivity (Wildman–Crippen MR) is 146 cm³/mol. The third-order valence-corrected chi connectivity index (χ3v) is 8.98. The number of likely N-dealkylation sites (N-methyl/N-ethyl adjacent to an activating group) is 1. The summed E-state index contributed by atoms with van der Waals surface area (Å²) >= 11 is 6.10. The average molecular weight is 610 g/mol. The van der Waals surface area contributed by atoms with E-state index < -0.39 is 41.4 Å². The summed E-state index contributed by atoms with van der Waals surface area (Å²) in [6.45, 7) is 2.83. The van der Waals surface area contributed by atoms with E-state index in [1.54, 1.807) is 28.9 Å². The fourth-order valence-corrected chi connectivity index (χ4v) is 6.24. The summed E-state index contributed by atoms with van der Waals surface area (Å²) in [4.78, 5) is 44.1. The highest BCUT2D eigenvalue weighted by Gasteiger charge is 2.69. The van der Waals surface area contributed by atoms with Crippen LogP contribution in [0.5, 0.6) is 5.75 Å². The SMILES string of the molecule is CCN(C(=O)Oc1ccc(F)cc1)C1CN(C(=O)C2CCN(C(=O)C3(C(F)(F)F)CC3)CC2)CC1c1ccc(Cl)cc1. The van der Waals surface area contributed by atoms with Crippen molar-refractivity contribution in [1.29, 1.82) is 0 Å². The molecule has 2 aromatic carbocycles. The molecule has 5 rings (SSSR count). The molecule has 0 bridgehead atoms. The van der Waals surface area contributed by atoms with Crippen molar-refractivity contribution >= 4 is 29.5 Å². The highest BCUT2D eigenvalue weighted by Crippen LogP contribution is 2.58. The molecule has 0 radical (unpaired) electrons. The van der Waals surface area contributed by atoms with Crippen LogP contribution >= 0.6 is 11.6 Å². The first-order chi connectivity index (χ1) is 19.9. The van der Waals surface area contributed by atoms with Crippen LogP contribution in [0.3, 0.4) is 0 Å². The molecule has 1 aliphatic carbocycles. The van der Waals surface area contributed by atoms with Gasteiger partial charge in [0.15, 0.2) is 0 Å². The van der Waals surface area contributed by atoms with Gasteiger partial charge in [0.2, 0.25) is 11.8 Å². The average Bonchev–Trinajstić information content (AvgIpc) is 3.69. The molecule has 2 aromatic rings. The number of nitrogens with zero attached hydrogens (tertiary/aromatic N) is 3. The van der Waals surface area contributed by atoms with Crippen molar-refractivity contribution in [2.75, 3.05) is 32.7 Å². The van der Waals surface area contributed by atoms with E-state index in [1.807, 2.05) is 12.1 Å². The van der Waals surface area contributed by atoms with Crippen molar-refractivity contribution < 1.29 is 36.7 Å². The monoisotopic (exact) mass is 609 g/mol. The van der Waals surface area contributed by atoms with Crippen LogP contribution in [0.4, 0.5) is 22.4 Å². The lowest BCUT2D eigenvalue weighted by molar-refractivity contribution is -0.199. The molecule has 3 aliphatic rings. The van der Waals surface area contributed by atoms with Crippen LogP contribution in [-0.2, 0) is 9.59 Å². The highest BCUT2D eigenvalue weighted by molar-refractivity contribution is 6.30. The van der Waals surface area contributed by atoms with Gasteiger partial charge in [-0.15, -0.1) is 0 Å². The Kier molecular flexibility index (Phi) is 8.42. The Balaban J connectivity index is 1.29. The molecule has 0 spiro atoms. The number of alkyl halides is 3. The van der Waals surface area contributed by atoms with E-state index in [2.05, 4.69) is 0 Å². The topological polar surface area (TPSA) is 70.2 Å². The second kappa shape index (κ2) is 11.7. The van der Waals surface area contributed by atoms with E-state index in [0.717, 1.165) is 5.56 Å². The van der Waals surface area contributed by atoms with E-state index in [0.29, 0.717) is 11.6 Å². The minimum absolute atomic E-state index is 0.0933. The second-order valence-electron chi connectivity index (χ2n) is 11.2. The zero-order chi connectivity index (χ0) is 30.2. The maximum absolute atomic E-state index is 13.7. The number of ether oxygens (including phenoxy) is 1. The molecular formula is C30H32ClF4N3O4. The fraction of sp³-hybridized carbons (Fsp3) is 0.500. The molecule has 0 N–H and O–H groups in total. The van der Waals surface area contributed by atoms with E-state index in [9.17, 15) is 31.9 Å². The quantitative estimate of drug-likeness (QED) is 0.384. The molecule has 226 valence electrons. The molecular weight excluding hydrogens is 578 g/mol. The normalized spacial score (nSPS) is 22.1. The number of carbonyl (C=O) groups excluding carboxylic acids is 3. The lowest BCUT2D eigenvalue weighted by Crippen LogP contribution is -2.49. The number of halogens is 5. The summed E-state index contributed by atoms with van der Waals surface area (Å²) in [6, 6.07) is 11.9. The van der Waals surface area contributed by atoms with Crippen molar-refractivity contribution in [3.63, 3.8) is 0 Å². The summed E-state index contributed by atoms with van der Waals surface area (Å²) in [5.74, 6) is -2.01. The van der Waals surface area contributed by atoms with E-state index in [4.69, 9.17) is 16.3 Å². The van der Waals surface area contributed by atoms with Gasteiger partial charge in [0.25, 0.3) is 0 Å². The zero-order valence-electron chi connectivity index (χ0n) is 23.1. The Morgan fingerprint density at radius 1 is 0.976 bits per heavy atom. The van der Waals surface area contributed by atoms with E-state index >= 15 is 0 Å². The summed E-state index contributed by atoms with van der Waals surface area (Å²) in [6.07, 6.45) is -5.03. The Morgan fingerprint density at radius 3 is 2.14 bits per heavy atom. The van der Waals surface area contributed by atoms with E-state index in [-0.39, 0.29) is 69.4 Å². The van der Waals surface area contributed by atoms with Crippen LogP contribution < -0.4 is 4.74 Å². The van der Waals surface area contributed by atoms with Crippen molar-refractivity contribution in [3.8, 4) is 5.75 Å². The van der Waals surface area contributed by atoms with Crippen molar-refractivity contribution in [2.45, 2.75) is 50.7 Å². The van der Waals surface area contributed by atoms with Crippen LogP contribution in [0.25, 0.3) is 0 Å². The molecule has 3 amide bonds. The third-order valence-electron chi connectivity index (χ3n) is 8.73. The lowest BCUT2D eigenvalue weighted by Gasteiger charge is -2.35. The van der Waals surface area contributed by atoms with Crippen LogP contribution in [0.15, 0.2) is 48.5 Å². The predicted octanol–water partition coefficient (Wildman–Crippen LogP) is 5.88. The van der Waals surface area contributed by atoms with Gasteiger partial charge in [0, 0.05) is 49.6 Å². The fourth-order valence-electron chi connectivity index (χ4n) is 6.12. The lowest BCUT2D eigenvalue weighted by atomic mass is 9.93. The Hall–Kier alpha value is -3.34. The maximum atomic E-state index is 13.7. The molecule has 2 atom stereocenters. The number of piperidine rings is 1. The van der Waals surface area contributed by atoms with Crippen LogP contribution in [-0.4, -0.2) is 77.5 Å². The van der Waals surface area contributed by atoms with Crippen LogP contribution in [0.1, 0.15) is 44.1 Å². The van der Waals surface area contributed by atoms with Crippen molar-refractivity contribution in [1.82, 2.24) is 14.7 Å². The molecule has 2 saturated heterocycles. The van der Waals surface area contributed by atoms with Gasteiger partial charge < -0.3 is 19.4 Å². The van der Waals surface area contributed by atoms with Crippen molar-refractivity contribution in [2.24, 2.45) is 11.3 Å². The molecule has 2 heterocycles. The number of rotatable bonds is 6. The van der Waals surface area contributed by atoms with Gasteiger partial charge in [-0.05, 0) is 74.6 Å². The van der Waals surface area contributed by atoms with Crippen molar-refractivity contribution in [3.05, 3.63) is 64.9 Å². The van der Waals surface area contributed by atoms with E-state index in [1.165, 1.54) is 29.2 Å². The zero-order valence-corrected chi connectivity index (χ0v) is 23.8. The standard InChI is InChI=1S/C30H32ClF4N3O4/c1-2-38(28(41)42-23-9-7-22(32)8-10-23)25-18-37(17-24(25)19-3-5-21(31)6-4-19)26(39)20-11-15-36(16-12-20)27(40)29(13-14-29)30(33,34)35/h3-10,20,24-25H,2,11-18H2,1H3. The van der Waals surface area contributed by atoms with Gasteiger partial charge in [-0.3, -0.25) is 9.59 Å². The van der Waals surface area contributed by atoms with Gasteiger partial charge in [-0.1, -0.05) is 23.7 Å². The van der Waals surface area contributed by atoms with Crippen LogP contribution in [0, 0.1) is 17.2 Å². The van der Waals surface area contributed by atoms with Gasteiger partial charge in [0.05, 0.1) is 6.04 Å². The smallest absolute Gasteiger partial charge is 0.410 e. The summed E-state index contributed by atoms with van der Waals surface area (Å²) in [5.41, 5.74) is -1.38. The molecule has 2 unspecified atom stereocenters. The maximum Gasteiger partial charge on any atom is 0.415 e. The van der Waals surface area contributed by atoms with Gasteiger partial charge in [-0.2, -0.15) is 13.2 Å². The summed E-state index contributed by atoms with van der Waals surface area (Å²) < 4.78 is 59.3. The molecule has 1 saturated carbocycles. The molecule has 0 aromatic heterocycles. The summed E-state index contributed by atoms with van der Waals surface area (Å²) in [7, 11) is 0. The van der Waals surface area contributed by atoms with Gasteiger partial charge in [0.1, 0.15) is 17.0 Å². The Labute approximate surface area is 246 Å². The number of benzene rings is 2. The molecule has 2 aliphatic heterocycles. The minimum Gasteiger partial charge on any atom is -0.410 e. The Morgan fingerprint density at radius 2 is 1.60 bits per heavy atom. The first-order valence-electron chi connectivity index (χ1n) is 14.1. The summed E-state index contributed by atoms with van der Waals surface area (Å²) in [5, 5.41) is 0.545. The second-order valence-corrected chi connectivity index (χ2v) is 11.7. The Bertz CT molecular complexity index is 1310. The van der Waals surface area contributed by atoms with Crippen LogP contribution in [0.2, 0.25) is 5.02 Å². The van der Waals surface area contributed by atoms with Gasteiger partial charge in [-0.25, -0.2) is 9.18 Å². The third kappa shape index (κ3) is 5.93. The molecule has 12 heteroatoms. The number of likely N-dealkylation sites (tertiary alicyclic amines) is 2. The first kappa shape index (κ1) is 30.1. The molecule has 3 fully saturated rings. The minimum atomic E-state index is -4.57. The number of carbonyl (C=O) groups is 3. The first-order valence-corrected chi connectivity index (χ1v) is 14.5. The molecule has 7 nitrogen and oxygen atoms in total. The van der Waals surface area contributed by atoms with Gasteiger partial charge >= 0.3 is 12.3 Å². The number of hydrogen-bond acceptors (Lipinski definition) is 4.